The van der Waals surface area contributed by atoms with Crippen molar-refractivity contribution in [3.63, 3.8) is 0 Å². The fourth-order valence-electron chi connectivity index (χ4n) is 5.36. The van der Waals surface area contributed by atoms with E-state index in [-0.39, 0.29) is 5.66 Å². The summed E-state index contributed by atoms with van der Waals surface area (Å²) >= 11 is 0. The van der Waals surface area contributed by atoms with Crippen LogP contribution in [0.3, 0.4) is 0 Å². The van der Waals surface area contributed by atoms with E-state index in [9.17, 15) is 0 Å². The average Bonchev–Trinajstić information content (AvgIpc) is 2.87. The quantitative estimate of drug-likeness (QED) is 0.716. The maximum Gasteiger partial charge on any atom is 0.118 e. The van der Waals surface area contributed by atoms with Crippen LogP contribution in [0.5, 0.6) is 0 Å². The SMILES string of the molecule is c1ccc2c(c1)N[C@@]13CCCC[C@H]1CC1=C(CCCC1)N23. The van der Waals surface area contributed by atoms with Gasteiger partial charge in [-0.05, 0) is 63.5 Å². The van der Waals surface area contributed by atoms with Crippen LogP contribution in [-0.2, 0) is 0 Å². The molecule has 2 nitrogen and oxygen atoms in total. The third-order valence-electron chi connectivity index (χ3n) is 6.24. The number of anilines is 2. The number of fused-ring (bicyclic) bond motifs is 3. The minimum Gasteiger partial charge on any atom is -0.360 e. The first kappa shape index (κ1) is 12.1. The van der Waals surface area contributed by atoms with Gasteiger partial charge < -0.3 is 10.2 Å². The highest BCUT2D eigenvalue weighted by Gasteiger charge is 2.54. The maximum atomic E-state index is 3.98. The molecular formula is C19H24N2. The molecule has 2 heterocycles. The van der Waals surface area contributed by atoms with Crippen LogP contribution in [0.15, 0.2) is 35.5 Å². The second-order valence-electron chi connectivity index (χ2n) is 7.31. The molecule has 0 amide bonds. The Morgan fingerprint density at radius 2 is 1.95 bits per heavy atom. The van der Waals surface area contributed by atoms with Crippen LogP contribution in [0.1, 0.15) is 57.8 Å². The van der Waals surface area contributed by atoms with Crippen molar-refractivity contribution < 1.29 is 0 Å². The fourth-order valence-corrected chi connectivity index (χ4v) is 5.36. The zero-order valence-corrected chi connectivity index (χ0v) is 12.7. The van der Waals surface area contributed by atoms with Crippen molar-refractivity contribution >= 4 is 11.4 Å². The second-order valence-corrected chi connectivity index (χ2v) is 7.31. The summed E-state index contributed by atoms with van der Waals surface area (Å²) in [5, 5.41) is 3.98. The Kier molecular flexibility index (Phi) is 2.47. The molecule has 0 saturated heterocycles. The molecule has 0 unspecified atom stereocenters. The Morgan fingerprint density at radius 3 is 2.95 bits per heavy atom. The Bertz CT molecular complexity index is 618. The zero-order chi connectivity index (χ0) is 13.9. The molecule has 0 radical (unpaired) electrons. The third-order valence-corrected chi connectivity index (χ3v) is 6.24. The van der Waals surface area contributed by atoms with Crippen molar-refractivity contribution in [1.29, 1.82) is 0 Å². The smallest absolute Gasteiger partial charge is 0.118 e. The number of benzene rings is 1. The number of nitrogens with zero attached hydrogens (tertiary/aromatic N) is 1. The molecule has 0 bridgehead atoms. The second kappa shape index (κ2) is 4.28. The van der Waals surface area contributed by atoms with Crippen LogP contribution in [0.4, 0.5) is 11.4 Å². The number of hydrogen-bond acceptors (Lipinski definition) is 2. The molecule has 2 aliphatic carbocycles. The molecule has 1 N–H and O–H groups in total. The number of allylic oxidation sites excluding steroid dienone is 2. The van der Waals surface area contributed by atoms with E-state index in [2.05, 4.69) is 34.5 Å². The first-order valence-corrected chi connectivity index (χ1v) is 8.77. The maximum absolute atomic E-state index is 3.98. The van der Waals surface area contributed by atoms with E-state index in [0.29, 0.717) is 0 Å². The van der Waals surface area contributed by atoms with E-state index >= 15 is 0 Å². The van der Waals surface area contributed by atoms with Gasteiger partial charge in [0.15, 0.2) is 0 Å². The van der Waals surface area contributed by atoms with E-state index < -0.39 is 0 Å². The summed E-state index contributed by atoms with van der Waals surface area (Å²) in [6.45, 7) is 0. The highest BCUT2D eigenvalue weighted by molar-refractivity contribution is 5.81. The Morgan fingerprint density at radius 1 is 1.05 bits per heavy atom. The monoisotopic (exact) mass is 280 g/mol. The predicted octanol–water partition coefficient (Wildman–Crippen LogP) is 5.04. The van der Waals surface area contributed by atoms with Gasteiger partial charge in [-0.1, -0.05) is 24.1 Å². The molecule has 5 rings (SSSR count). The Hall–Kier alpha value is -1.44. The number of para-hydroxylation sites is 2. The molecule has 110 valence electrons. The zero-order valence-electron chi connectivity index (χ0n) is 12.7. The van der Waals surface area contributed by atoms with Crippen LogP contribution in [0.2, 0.25) is 0 Å². The number of rotatable bonds is 0. The van der Waals surface area contributed by atoms with Gasteiger partial charge in [0.1, 0.15) is 5.66 Å². The summed E-state index contributed by atoms with van der Waals surface area (Å²) in [6, 6.07) is 8.98. The van der Waals surface area contributed by atoms with Gasteiger partial charge in [0, 0.05) is 11.6 Å². The lowest BCUT2D eigenvalue weighted by Crippen LogP contribution is -2.60. The van der Waals surface area contributed by atoms with Gasteiger partial charge in [0.2, 0.25) is 0 Å². The molecule has 2 atom stereocenters. The van der Waals surface area contributed by atoms with Gasteiger partial charge in [-0.25, -0.2) is 0 Å². The standard InChI is InChI=1S/C19H24N2/c1-3-10-17-14(7-1)13-15-8-5-6-12-19(15)20-16-9-2-4-11-18(16)21(17)19/h2,4,9,11,15,20H,1,3,5-8,10,12-13H2/t15-,19+/m0/s1. The van der Waals surface area contributed by atoms with Gasteiger partial charge in [0.25, 0.3) is 0 Å². The predicted molar refractivity (Wildman–Crippen MR) is 87.3 cm³/mol. The van der Waals surface area contributed by atoms with E-state index in [1.165, 1.54) is 69.2 Å². The van der Waals surface area contributed by atoms with Crippen molar-refractivity contribution in [2.75, 3.05) is 10.2 Å². The number of nitrogens with one attached hydrogen (secondary N) is 1. The minimum atomic E-state index is 0.206. The molecule has 1 aromatic carbocycles. The van der Waals surface area contributed by atoms with E-state index in [1.54, 1.807) is 11.3 Å². The van der Waals surface area contributed by atoms with E-state index in [1.807, 2.05) is 0 Å². The molecule has 4 aliphatic rings. The van der Waals surface area contributed by atoms with Gasteiger partial charge >= 0.3 is 0 Å². The normalized spacial score (nSPS) is 33.7. The average molecular weight is 280 g/mol. The largest absolute Gasteiger partial charge is 0.360 e. The Labute approximate surface area is 127 Å². The topological polar surface area (TPSA) is 15.3 Å². The molecule has 21 heavy (non-hydrogen) atoms. The van der Waals surface area contributed by atoms with E-state index in [4.69, 9.17) is 0 Å². The molecule has 1 aromatic rings. The van der Waals surface area contributed by atoms with Crippen LogP contribution in [0.25, 0.3) is 0 Å². The van der Waals surface area contributed by atoms with Crippen molar-refractivity contribution in [1.82, 2.24) is 0 Å². The minimum absolute atomic E-state index is 0.206. The first-order valence-electron chi connectivity index (χ1n) is 8.77. The molecule has 1 spiro atoms. The molecule has 1 saturated carbocycles. The molecule has 1 fully saturated rings. The van der Waals surface area contributed by atoms with E-state index in [0.717, 1.165) is 5.92 Å². The summed E-state index contributed by atoms with van der Waals surface area (Å²) in [4.78, 5) is 2.75. The number of hydrogen-bond donors (Lipinski definition) is 1. The van der Waals surface area contributed by atoms with Crippen molar-refractivity contribution in [2.24, 2.45) is 5.92 Å². The van der Waals surface area contributed by atoms with Gasteiger partial charge in [0.05, 0.1) is 11.4 Å². The fraction of sp³-hybridized carbons (Fsp3) is 0.579. The highest BCUT2D eigenvalue weighted by atomic mass is 15.4. The van der Waals surface area contributed by atoms with Gasteiger partial charge in [-0.15, -0.1) is 0 Å². The summed E-state index contributed by atoms with van der Waals surface area (Å²) in [7, 11) is 0. The lowest BCUT2D eigenvalue weighted by Gasteiger charge is -2.54. The Balaban J connectivity index is 1.72. The van der Waals surface area contributed by atoms with Crippen LogP contribution < -0.4 is 10.2 Å². The summed E-state index contributed by atoms with van der Waals surface area (Å²) in [5.74, 6) is 0.801. The van der Waals surface area contributed by atoms with Gasteiger partial charge in [-0.3, -0.25) is 0 Å². The van der Waals surface area contributed by atoms with Crippen molar-refractivity contribution in [2.45, 2.75) is 63.5 Å². The lowest BCUT2D eigenvalue weighted by atomic mass is 9.70. The molecular weight excluding hydrogens is 256 g/mol. The summed E-state index contributed by atoms with van der Waals surface area (Å²) in [5.41, 5.74) is 6.47. The highest BCUT2D eigenvalue weighted by Crippen LogP contribution is 2.57. The lowest BCUT2D eigenvalue weighted by molar-refractivity contribution is 0.197. The van der Waals surface area contributed by atoms with Crippen LogP contribution in [-0.4, -0.2) is 5.66 Å². The van der Waals surface area contributed by atoms with Crippen LogP contribution in [0, 0.1) is 5.92 Å². The van der Waals surface area contributed by atoms with Crippen LogP contribution >= 0.6 is 0 Å². The third kappa shape index (κ3) is 1.54. The summed E-state index contributed by atoms with van der Waals surface area (Å²) < 4.78 is 0. The molecule has 2 heteroatoms. The van der Waals surface area contributed by atoms with Crippen molar-refractivity contribution in [3.8, 4) is 0 Å². The molecule has 2 aliphatic heterocycles. The summed E-state index contributed by atoms with van der Waals surface area (Å²) in [6.07, 6.45) is 12.3. The molecule has 0 aromatic heterocycles. The van der Waals surface area contributed by atoms with Gasteiger partial charge in [-0.2, -0.15) is 0 Å². The van der Waals surface area contributed by atoms with Crippen molar-refractivity contribution in [3.05, 3.63) is 35.5 Å². The first-order chi connectivity index (χ1) is 10.4.